The third kappa shape index (κ3) is 4.59. The smallest absolute Gasteiger partial charge is 0.459 e. The fraction of sp³-hybridized carbons (Fsp3) is 0.200. The molecular formula is C15H13BN4O4. The van der Waals surface area contributed by atoms with Crippen molar-refractivity contribution in [1.82, 2.24) is 0 Å². The average Bonchev–Trinajstić information content (AvgIpc) is 2.53. The van der Waals surface area contributed by atoms with Gasteiger partial charge in [-0.1, -0.05) is 6.07 Å². The molecule has 0 heterocycles. The van der Waals surface area contributed by atoms with E-state index in [1.165, 1.54) is 18.2 Å². The van der Waals surface area contributed by atoms with Crippen LogP contribution in [0.15, 0.2) is 29.5 Å². The van der Waals surface area contributed by atoms with E-state index < -0.39 is 18.7 Å². The van der Waals surface area contributed by atoms with E-state index in [0.29, 0.717) is 0 Å². The molecule has 0 atom stereocenters. The number of nitrogens with one attached hydrogen (secondary N) is 1. The molecule has 0 saturated carbocycles. The quantitative estimate of drug-likeness (QED) is 0.394. The topological polar surface area (TPSA) is 150 Å². The average molecular weight is 324 g/mol. The number of carbonyl (C=O) groups excluding carboxylic acids is 1. The lowest BCUT2D eigenvalue weighted by atomic mass is 9.78. The summed E-state index contributed by atoms with van der Waals surface area (Å²) in [5, 5.41) is 48.0. The number of hydrogen-bond donors (Lipinski definition) is 3. The first-order valence-corrected chi connectivity index (χ1v) is 6.76. The van der Waals surface area contributed by atoms with Crippen molar-refractivity contribution in [1.29, 1.82) is 15.8 Å². The van der Waals surface area contributed by atoms with Gasteiger partial charge in [0.1, 0.15) is 23.9 Å². The SMILES string of the molecule is CC(C)OC(=O)c1ccc(B(O)O)c(NC(C#N)=C(C#N)C#N)c1. The maximum Gasteiger partial charge on any atom is 0.490 e. The summed E-state index contributed by atoms with van der Waals surface area (Å²) in [5.74, 6) is -0.643. The molecule has 1 rings (SSSR count). The summed E-state index contributed by atoms with van der Waals surface area (Å²) < 4.78 is 5.04. The molecule has 0 radical (unpaired) electrons. The molecule has 1 aromatic rings. The van der Waals surface area contributed by atoms with Gasteiger partial charge in [-0.3, -0.25) is 0 Å². The summed E-state index contributed by atoms with van der Waals surface area (Å²) in [6, 6.07) is 8.58. The molecule has 8 nitrogen and oxygen atoms in total. The highest BCUT2D eigenvalue weighted by molar-refractivity contribution is 6.60. The summed E-state index contributed by atoms with van der Waals surface area (Å²) in [5.41, 5.74) is -0.812. The molecule has 0 aliphatic rings. The molecular weight excluding hydrogens is 311 g/mol. The van der Waals surface area contributed by atoms with Crippen LogP contribution >= 0.6 is 0 Å². The van der Waals surface area contributed by atoms with E-state index in [0.717, 1.165) is 0 Å². The maximum atomic E-state index is 11.9. The minimum absolute atomic E-state index is 0.0113. The number of nitriles is 3. The second-order valence-electron chi connectivity index (χ2n) is 4.84. The first kappa shape index (κ1) is 18.7. The molecule has 0 aliphatic carbocycles. The van der Waals surface area contributed by atoms with E-state index in [4.69, 9.17) is 20.5 Å². The first-order chi connectivity index (χ1) is 11.3. The fourth-order valence-electron chi connectivity index (χ4n) is 1.72. The number of allylic oxidation sites excluding steroid dienone is 2. The predicted octanol–water partition coefficient (Wildman–Crippen LogP) is 0.168. The largest absolute Gasteiger partial charge is 0.490 e. The highest BCUT2D eigenvalue weighted by Crippen LogP contribution is 2.15. The minimum atomic E-state index is -1.89. The van der Waals surface area contributed by atoms with Crippen molar-refractivity contribution < 1.29 is 19.6 Å². The Kier molecular flexibility index (Phi) is 6.52. The number of esters is 1. The van der Waals surface area contributed by atoms with Gasteiger partial charge in [0.05, 0.1) is 11.7 Å². The number of ether oxygens (including phenoxy) is 1. The summed E-state index contributed by atoms with van der Waals surface area (Å²) in [6.07, 6.45) is -0.352. The van der Waals surface area contributed by atoms with Crippen LogP contribution in [-0.4, -0.2) is 29.2 Å². The lowest BCUT2D eigenvalue weighted by Crippen LogP contribution is -2.33. The third-order valence-electron chi connectivity index (χ3n) is 2.75. The van der Waals surface area contributed by atoms with Crippen LogP contribution in [0.25, 0.3) is 0 Å². The normalized spacial score (nSPS) is 9.25. The zero-order valence-electron chi connectivity index (χ0n) is 12.9. The summed E-state index contributed by atoms with van der Waals surface area (Å²) >= 11 is 0. The summed E-state index contributed by atoms with van der Waals surface area (Å²) in [7, 11) is -1.89. The van der Waals surface area contributed by atoms with Crippen LogP contribution in [0.5, 0.6) is 0 Å². The number of rotatable bonds is 5. The molecule has 0 aliphatic heterocycles. The van der Waals surface area contributed by atoms with Gasteiger partial charge in [0.15, 0.2) is 5.57 Å². The number of carbonyl (C=O) groups is 1. The highest BCUT2D eigenvalue weighted by Gasteiger charge is 2.20. The summed E-state index contributed by atoms with van der Waals surface area (Å²) in [4.78, 5) is 11.9. The van der Waals surface area contributed by atoms with Crippen molar-refractivity contribution in [2.24, 2.45) is 0 Å². The molecule has 0 fully saturated rings. The molecule has 24 heavy (non-hydrogen) atoms. The molecule has 9 heteroatoms. The van der Waals surface area contributed by atoms with E-state index in [9.17, 15) is 14.8 Å². The maximum absolute atomic E-state index is 11.9. The van der Waals surface area contributed by atoms with E-state index in [2.05, 4.69) is 5.32 Å². The first-order valence-electron chi connectivity index (χ1n) is 6.76. The molecule has 0 spiro atoms. The Morgan fingerprint density at radius 3 is 2.29 bits per heavy atom. The number of hydrogen-bond acceptors (Lipinski definition) is 8. The van der Waals surface area contributed by atoms with Gasteiger partial charge in [0.2, 0.25) is 0 Å². The molecule has 1 aromatic carbocycles. The number of nitrogens with zero attached hydrogens (tertiary/aromatic N) is 3. The Bertz CT molecular complexity index is 781. The third-order valence-corrected chi connectivity index (χ3v) is 2.75. The van der Waals surface area contributed by atoms with Crippen molar-refractivity contribution >= 4 is 24.2 Å². The monoisotopic (exact) mass is 324 g/mol. The van der Waals surface area contributed by atoms with E-state index in [1.54, 1.807) is 32.1 Å². The molecule has 0 amide bonds. The van der Waals surface area contributed by atoms with Gasteiger partial charge < -0.3 is 20.1 Å². The van der Waals surface area contributed by atoms with Crippen LogP contribution in [0.2, 0.25) is 0 Å². The van der Waals surface area contributed by atoms with E-state index >= 15 is 0 Å². The molecule has 3 N–H and O–H groups in total. The Hall–Kier alpha value is -3.32. The van der Waals surface area contributed by atoms with Gasteiger partial charge in [-0.05, 0) is 26.0 Å². The van der Waals surface area contributed by atoms with Gasteiger partial charge in [0.25, 0.3) is 0 Å². The Labute approximate surface area is 139 Å². The van der Waals surface area contributed by atoms with Crippen molar-refractivity contribution in [3.8, 4) is 18.2 Å². The Morgan fingerprint density at radius 1 is 1.21 bits per heavy atom. The van der Waals surface area contributed by atoms with Crippen LogP contribution in [0.3, 0.4) is 0 Å². The molecule has 0 saturated heterocycles. The molecule has 0 unspecified atom stereocenters. The fourth-order valence-corrected chi connectivity index (χ4v) is 1.72. The number of anilines is 1. The second kappa shape index (κ2) is 8.35. The molecule has 0 aromatic heterocycles. The lowest BCUT2D eigenvalue weighted by Gasteiger charge is -2.13. The molecule has 0 bridgehead atoms. The van der Waals surface area contributed by atoms with Crippen molar-refractivity contribution in [3.05, 3.63) is 35.0 Å². The van der Waals surface area contributed by atoms with E-state index in [-0.39, 0.29) is 28.5 Å². The van der Waals surface area contributed by atoms with Gasteiger partial charge in [0, 0.05) is 11.2 Å². The van der Waals surface area contributed by atoms with Crippen LogP contribution < -0.4 is 10.8 Å². The molecule has 120 valence electrons. The van der Waals surface area contributed by atoms with Crippen molar-refractivity contribution in [3.63, 3.8) is 0 Å². The number of benzene rings is 1. The van der Waals surface area contributed by atoms with Gasteiger partial charge >= 0.3 is 13.1 Å². The van der Waals surface area contributed by atoms with Gasteiger partial charge in [-0.2, -0.15) is 15.8 Å². The van der Waals surface area contributed by atoms with Crippen molar-refractivity contribution in [2.45, 2.75) is 20.0 Å². The lowest BCUT2D eigenvalue weighted by molar-refractivity contribution is 0.0378. The zero-order chi connectivity index (χ0) is 18.3. The predicted molar refractivity (Wildman–Crippen MR) is 84.3 cm³/mol. The van der Waals surface area contributed by atoms with Crippen LogP contribution in [0.1, 0.15) is 24.2 Å². The van der Waals surface area contributed by atoms with Crippen molar-refractivity contribution in [2.75, 3.05) is 5.32 Å². The standard InChI is InChI=1S/C15H13BN4O4/c1-9(2)24-15(21)10-3-4-12(16(22)23)13(5-10)20-14(8-19)11(6-17)7-18/h3-5,9,20,22-23H,1-2H3. The van der Waals surface area contributed by atoms with Crippen LogP contribution in [0, 0.1) is 34.0 Å². The van der Waals surface area contributed by atoms with Gasteiger partial charge in [-0.25, -0.2) is 4.79 Å². The van der Waals surface area contributed by atoms with Crippen LogP contribution in [-0.2, 0) is 4.74 Å². The second-order valence-corrected chi connectivity index (χ2v) is 4.84. The van der Waals surface area contributed by atoms with Gasteiger partial charge in [-0.15, -0.1) is 0 Å². The Morgan fingerprint density at radius 2 is 1.83 bits per heavy atom. The zero-order valence-corrected chi connectivity index (χ0v) is 12.9. The van der Waals surface area contributed by atoms with Crippen LogP contribution in [0.4, 0.5) is 5.69 Å². The summed E-state index contributed by atoms with van der Waals surface area (Å²) in [6.45, 7) is 3.34. The minimum Gasteiger partial charge on any atom is -0.459 e. The Balaban J connectivity index is 3.37. The van der Waals surface area contributed by atoms with E-state index in [1.807, 2.05) is 0 Å². The highest BCUT2D eigenvalue weighted by atomic mass is 16.5.